The molecule has 0 fully saturated rings. The van der Waals surface area contributed by atoms with Gasteiger partial charge in [0.05, 0.1) is 13.2 Å². The zero-order valence-electron chi connectivity index (χ0n) is 15.9. The minimum absolute atomic E-state index is 0.00746. The van der Waals surface area contributed by atoms with Crippen LogP contribution in [-0.2, 0) is 0 Å². The van der Waals surface area contributed by atoms with E-state index in [1.54, 1.807) is 30.3 Å². The van der Waals surface area contributed by atoms with E-state index in [1.807, 2.05) is 38.1 Å². The molecule has 0 aliphatic rings. The highest BCUT2D eigenvalue weighted by atomic mass is 16.5. The van der Waals surface area contributed by atoms with E-state index in [4.69, 9.17) is 13.9 Å². The number of hydrogen-bond acceptors (Lipinski definition) is 5. The first kappa shape index (κ1) is 19.4. The molecule has 0 atom stereocenters. The second kappa shape index (κ2) is 9.04. The van der Waals surface area contributed by atoms with Gasteiger partial charge < -0.3 is 13.9 Å². The molecule has 144 valence electrons. The number of ketones is 1. The van der Waals surface area contributed by atoms with Crippen LogP contribution >= 0.6 is 0 Å². The van der Waals surface area contributed by atoms with Crippen molar-refractivity contribution in [3.63, 3.8) is 0 Å². The maximum Gasteiger partial charge on any atom is 0.347 e. The normalized spacial score (nSPS) is 11.1. The monoisotopic (exact) mass is 378 g/mol. The predicted molar refractivity (Wildman–Crippen MR) is 109 cm³/mol. The molecule has 0 saturated heterocycles. The van der Waals surface area contributed by atoms with Crippen LogP contribution in [0.2, 0.25) is 0 Å². The lowest BCUT2D eigenvalue weighted by atomic mass is 10.1. The number of carbonyl (C=O) groups excluding carboxylic acids is 1. The van der Waals surface area contributed by atoms with Crippen LogP contribution in [0, 0.1) is 0 Å². The zero-order chi connectivity index (χ0) is 19.9. The van der Waals surface area contributed by atoms with E-state index in [9.17, 15) is 9.59 Å². The van der Waals surface area contributed by atoms with Crippen LogP contribution in [0.4, 0.5) is 0 Å². The summed E-state index contributed by atoms with van der Waals surface area (Å²) in [5.74, 6) is 0.777. The lowest BCUT2D eigenvalue weighted by Crippen LogP contribution is -2.11. The summed E-state index contributed by atoms with van der Waals surface area (Å²) in [5, 5.41) is 0.698. The van der Waals surface area contributed by atoms with Crippen molar-refractivity contribution >= 4 is 22.8 Å². The molecular weight excluding hydrogens is 356 g/mol. The second-order valence-corrected chi connectivity index (χ2v) is 6.14. The molecule has 0 amide bonds. The van der Waals surface area contributed by atoms with Crippen molar-refractivity contribution in [2.75, 3.05) is 13.2 Å². The van der Waals surface area contributed by atoms with Gasteiger partial charge in [-0.1, -0.05) is 37.3 Å². The van der Waals surface area contributed by atoms with Crippen LogP contribution in [0.25, 0.3) is 17.0 Å². The van der Waals surface area contributed by atoms with Crippen LogP contribution in [0.1, 0.15) is 36.2 Å². The second-order valence-electron chi connectivity index (χ2n) is 6.14. The van der Waals surface area contributed by atoms with E-state index >= 15 is 0 Å². The van der Waals surface area contributed by atoms with Crippen molar-refractivity contribution < 1.29 is 18.7 Å². The predicted octanol–water partition coefficient (Wildman–Crippen LogP) is 4.88. The fourth-order valence-electron chi connectivity index (χ4n) is 2.78. The number of ether oxygens (including phenoxy) is 2. The SMILES string of the molecule is CCCOc1c(/C=C/C(=O)c2cc3ccccc3oc2=O)cccc1OCC. The van der Waals surface area contributed by atoms with E-state index in [-0.39, 0.29) is 5.56 Å². The standard InChI is InChI=1S/C23H22O5/c1-3-14-27-22-16(9-7-11-21(22)26-4-2)12-13-19(24)18-15-17-8-5-6-10-20(17)28-23(18)25/h5-13,15H,3-4,14H2,1-2H3/b13-12+. The topological polar surface area (TPSA) is 65.7 Å². The highest BCUT2D eigenvalue weighted by Crippen LogP contribution is 2.32. The van der Waals surface area contributed by atoms with Crippen LogP contribution in [-0.4, -0.2) is 19.0 Å². The van der Waals surface area contributed by atoms with E-state index in [1.165, 1.54) is 6.08 Å². The lowest BCUT2D eigenvalue weighted by molar-refractivity contribution is 0.104. The summed E-state index contributed by atoms with van der Waals surface area (Å²) in [4.78, 5) is 24.8. The van der Waals surface area contributed by atoms with E-state index in [0.717, 1.165) is 6.42 Å². The third kappa shape index (κ3) is 4.31. The lowest BCUT2D eigenvalue weighted by Gasteiger charge is -2.13. The van der Waals surface area contributed by atoms with Gasteiger partial charge in [0, 0.05) is 10.9 Å². The summed E-state index contributed by atoms with van der Waals surface area (Å²) in [6, 6.07) is 14.1. The van der Waals surface area contributed by atoms with Gasteiger partial charge in [-0.25, -0.2) is 4.79 Å². The molecule has 0 unspecified atom stereocenters. The van der Waals surface area contributed by atoms with Crippen molar-refractivity contribution in [2.45, 2.75) is 20.3 Å². The fraction of sp³-hybridized carbons (Fsp3) is 0.217. The van der Waals surface area contributed by atoms with Crippen molar-refractivity contribution in [2.24, 2.45) is 0 Å². The quantitative estimate of drug-likeness (QED) is 0.318. The fourth-order valence-corrected chi connectivity index (χ4v) is 2.78. The van der Waals surface area contributed by atoms with Crippen molar-refractivity contribution in [1.29, 1.82) is 0 Å². The van der Waals surface area contributed by atoms with Gasteiger partial charge in [-0.15, -0.1) is 0 Å². The molecule has 3 rings (SSSR count). The summed E-state index contributed by atoms with van der Waals surface area (Å²) in [5.41, 5.74) is 0.497. The molecule has 0 aliphatic carbocycles. The number of para-hydroxylation sites is 2. The molecule has 1 aromatic heterocycles. The van der Waals surface area contributed by atoms with Crippen molar-refractivity contribution in [3.8, 4) is 11.5 Å². The molecule has 3 aromatic rings. The van der Waals surface area contributed by atoms with Gasteiger partial charge >= 0.3 is 5.63 Å². The number of allylic oxidation sites excluding steroid dienone is 1. The highest BCUT2D eigenvalue weighted by Gasteiger charge is 2.13. The summed E-state index contributed by atoms with van der Waals surface area (Å²) < 4.78 is 16.7. The Labute approximate surface area is 163 Å². The van der Waals surface area contributed by atoms with Gasteiger partial charge in [0.2, 0.25) is 0 Å². The first-order valence-electron chi connectivity index (χ1n) is 9.28. The Bertz CT molecular complexity index is 1060. The molecule has 0 saturated carbocycles. The van der Waals surface area contributed by atoms with Gasteiger partial charge in [0.1, 0.15) is 11.1 Å². The van der Waals surface area contributed by atoms with Crippen molar-refractivity contribution in [1.82, 2.24) is 0 Å². The zero-order valence-corrected chi connectivity index (χ0v) is 15.9. The minimum atomic E-state index is -0.654. The van der Waals surface area contributed by atoms with Gasteiger partial charge in [0.25, 0.3) is 0 Å². The van der Waals surface area contributed by atoms with Crippen LogP contribution in [0.3, 0.4) is 0 Å². The Morgan fingerprint density at radius 3 is 2.68 bits per heavy atom. The first-order chi connectivity index (χ1) is 13.6. The van der Waals surface area contributed by atoms with Gasteiger partial charge in [-0.2, -0.15) is 0 Å². The Hall–Kier alpha value is -3.34. The van der Waals surface area contributed by atoms with Crippen LogP contribution in [0.15, 0.2) is 63.8 Å². The maximum atomic E-state index is 12.6. The Kier molecular flexibility index (Phi) is 6.27. The van der Waals surface area contributed by atoms with E-state index in [0.29, 0.717) is 41.2 Å². The Balaban J connectivity index is 1.93. The number of hydrogen-bond donors (Lipinski definition) is 0. The highest BCUT2D eigenvalue weighted by molar-refractivity contribution is 6.07. The van der Waals surface area contributed by atoms with Crippen molar-refractivity contribution in [3.05, 3.63) is 76.2 Å². The molecule has 0 spiro atoms. The molecule has 0 aliphatic heterocycles. The Morgan fingerprint density at radius 2 is 1.89 bits per heavy atom. The third-order valence-corrected chi connectivity index (χ3v) is 4.08. The third-order valence-electron chi connectivity index (χ3n) is 4.08. The number of rotatable bonds is 8. The van der Waals surface area contributed by atoms with Gasteiger partial charge in [-0.3, -0.25) is 4.79 Å². The average molecular weight is 378 g/mol. The van der Waals surface area contributed by atoms with Gasteiger partial charge in [0.15, 0.2) is 17.3 Å². The number of benzene rings is 2. The maximum absolute atomic E-state index is 12.6. The molecule has 0 radical (unpaired) electrons. The molecule has 0 N–H and O–H groups in total. The van der Waals surface area contributed by atoms with Gasteiger partial charge in [-0.05, 0) is 43.7 Å². The molecular formula is C23H22O5. The Morgan fingerprint density at radius 1 is 1.07 bits per heavy atom. The molecule has 2 aromatic carbocycles. The number of fused-ring (bicyclic) bond motifs is 1. The van der Waals surface area contributed by atoms with E-state index in [2.05, 4.69) is 0 Å². The summed E-state index contributed by atoms with van der Waals surface area (Å²) in [6.45, 7) is 4.95. The largest absolute Gasteiger partial charge is 0.490 e. The number of carbonyl (C=O) groups is 1. The smallest absolute Gasteiger partial charge is 0.347 e. The summed E-state index contributed by atoms with van der Waals surface area (Å²) in [7, 11) is 0. The minimum Gasteiger partial charge on any atom is -0.490 e. The van der Waals surface area contributed by atoms with E-state index < -0.39 is 11.4 Å². The molecule has 5 nitrogen and oxygen atoms in total. The first-order valence-corrected chi connectivity index (χ1v) is 9.28. The average Bonchev–Trinajstić information content (AvgIpc) is 2.71. The molecule has 5 heteroatoms. The molecule has 28 heavy (non-hydrogen) atoms. The van der Waals surface area contributed by atoms with Crippen LogP contribution in [0.5, 0.6) is 11.5 Å². The van der Waals surface area contributed by atoms with Crippen LogP contribution < -0.4 is 15.1 Å². The summed E-state index contributed by atoms with van der Waals surface area (Å²) >= 11 is 0. The molecule has 0 bridgehead atoms. The summed E-state index contributed by atoms with van der Waals surface area (Å²) in [6.07, 6.45) is 3.83. The molecule has 1 heterocycles.